The van der Waals surface area contributed by atoms with Gasteiger partial charge in [-0.1, -0.05) is 12.1 Å². The third-order valence-corrected chi connectivity index (χ3v) is 3.56. The number of Topliss-reactive ketones (excluding diaryl/α,β-unsaturated/α-hetero) is 1. The number of thiophene rings is 1. The molecule has 0 atom stereocenters. The lowest BCUT2D eigenvalue weighted by molar-refractivity contribution is 0.102. The first-order valence-corrected chi connectivity index (χ1v) is 5.66. The van der Waals surface area contributed by atoms with Crippen LogP contribution < -0.4 is 0 Å². The van der Waals surface area contributed by atoms with Gasteiger partial charge in [0, 0.05) is 4.70 Å². The number of benzene rings is 1. The maximum Gasteiger partial charge on any atom is 0.187 e. The highest BCUT2D eigenvalue weighted by molar-refractivity contribution is 7.21. The normalized spacial score (nSPS) is 10.7. The highest BCUT2D eigenvalue weighted by atomic mass is 35.5. The summed E-state index contributed by atoms with van der Waals surface area (Å²) in [5.74, 6) is 0.0681. The number of hydrogen-bond acceptors (Lipinski definition) is 2. The summed E-state index contributed by atoms with van der Waals surface area (Å²) in [6.45, 7) is 2.05. The molecule has 0 spiro atoms. The molecule has 14 heavy (non-hydrogen) atoms. The van der Waals surface area contributed by atoms with Crippen molar-refractivity contribution >= 4 is 38.8 Å². The molecule has 0 unspecified atom stereocenters. The first kappa shape index (κ1) is 9.69. The van der Waals surface area contributed by atoms with E-state index in [1.54, 1.807) is 0 Å². The summed E-state index contributed by atoms with van der Waals surface area (Å²) in [7, 11) is 0. The summed E-state index contributed by atoms with van der Waals surface area (Å²) in [6.07, 6.45) is 0. The van der Waals surface area contributed by atoms with Gasteiger partial charge in [-0.25, -0.2) is 0 Å². The molecule has 0 aliphatic carbocycles. The van der Waals surface area contributed by atoms with Gasteiger partial charge in [0.05, 0.1) is 10.8 Å². The Morgan fingerprint density at radius 1 is 1.50 bits per heavy atom. The Kier molecular flexibility index (Phi) is 2.57. The van der Waals surface area contributed by atoms with Crippen LogP contribution in [-0.4, -0.2) is 11.7 Å². The number of alkyl halides is 1. The molecule has 0 radical (unpaired) electrons. The van der Waals surface area contributed by atoms with Gasteiger partial charge in [-0.15, -0.1) is 22.9 Å². The van der Waals surface area contributed by atoms with Crippen LogP contribution in [0.1, 0.15) is 15.2 Å². The Bertz CT molecular complexity index is 487. The van der Waals surface area contributed by atoms with Gasteiger partial charge in [0.15, 0.2) is 5.78 Å². The lowest BCUT2D eigenvalue weighted by Gasteiger charge is -1.91. The molecule has 1 nitrogen and oxygen atoms in total. The molecule has 3 heteroatoms. The molecule has 0 aliphatic heterocycles. The standard InChI is InChI=1S/C11H9ClOS/c1-7-3-2-4-10-8(7)5-11(14-10)9(13)6-12/h2-5H,6H2,1H3. The first-order chi connectivity index (χ1) is 6.72. The topological polar surface area (TPSA) is 17.1 Å². The Balaban J connectivity index is 2.62. The highest BCUT2D eigenvalue weighted by Gasteiger charge is 2.09. The number of fused-ring (bicyclic) bond motifs is 1. The predicted molar refractivity (Wildman–Crippen MR) is 61.6 cm³/mol. The zero-order valence-electron chi connectivity index (χ0n) is 7.71. The molecule has 0 amide bonds. The van der Waals surface area contributed by atoms with Crippen molar-refractivity contribution in [2.24, 2.45) is 0 Å². The molecule has 0 aliphatic rings. The van der Waals surface area contributed by atoms with E-state index in [-0.39, 0.29) is 11.7 Å². The van der Waals surface area contributed by atoms with Crippen molar-refractivity contribution in [3.63, 3.8) is 0 Å². The van der Waals surface area contributed by atoms with E-state index in [0.717, 1.165) is 15.0 Å². The minimum atomic E-state index is 0.00673. The van der Waals surface area contributed by atoms with Gasteiger partial charge < -0.3 is 0 Å². The van der Waals surface area contributed by atoms with Gasteiger partial charge in [-0.05, 0) is 30.0 Å². The van der Waals surface area contributed by atoms with Gasteiger partial charge in [0.2, 0.25) is 0 Å². The fourth-order valence-corrected chi connectivity index (χ4v) is 2.71. The number of rotatable bonds is 2. The molecule has 0 saturated carbocycles. The zero-order valence-corrected chi connectivity index (χ0v) is 9.28. The Labute approximate surface area is 91.3 Å². The molecule has 2 aromatic rings. The van der Waals surface area contributed by atoms with E-state index in [0.29, 0.717) is 0 Å². The van der Waals surface area contributed by atoms with E-state index in [2.05, 4.69) is 0 Å². The second-order valence-electron chi connectivity index (χ2n) is 3.15. The van der Waals surface area contributed by atoms with Gasteiger partial charge >= 0.3 is 0 Å². The molecule has 1 heterocycles. The number of carbonyl (C=O) groups is 1. The minimum absolute atomic E-state index is 0.00673. The van der Waals surface area contributed by atoms with E-state index in [9.17, 15) is 4.79 Å². The van der Waals surface area contributed by atoms with Crippen molar-refractivity contribution in [3.8, 4) is 0 Å². The van der Waals surface area contributed by atoms with Crippen LogP contribution in [0, 0.1) is 6.92 Å². The van der Waals surface area contributed by atoms with E-state index in [1.165, 1.54) is 16.9 Å². The minimum Gasteiger partial charge on any atom is -0.292 e. The SMILES string of the molecule is Cc1cccc2sc(C(=O)CCl)cc12. The molecule has 0 saturated heterocycles. The van der Waals surface area contributed by atoms with E-state index in [1.807, 2.05) is 31.2 Å². The van der Waals surface area contributed by atoms with Crippen LogP contribution in [0.2, 0.25) is 0 Å². The monoisotopic (exact) mass is 224 g/mol. The molecule has 1 aromatic carbocycles. The summed E-state index contributed by atoms with van der Waals surface area (Å²) in [4.78, 5) is 12.1. The third kappa shape index (κ3) is 1.56. The van der Waals surface area contributed by atoms with Crippen LogP contribution in [-0.2, 0) is 0 Å². The number of halogens is 1. The second kappa shape index (κ2) is 3.71. The fourth-order valence-electron chi connectivity index (χ4n) is 1.41. The number of aryl methyl sites for hydroxylation is 1. The molecule has 0 fully saturated rings. The fraction of sp³-hybridized carbons (Fsp3) is 0.182. The van der Waals surface area contributed by atoms with Crippen LogP contribution in [0.4, 0.5) is 0 Å². The van der Waals surface area contributed by atoms with Gasteiger partial charge in [-0.3, -0.25) is 4.79 Å². The maximum atomic E-state index is 11.4. The number of hydrogen-bond donors (Lipinski definition) is 0. The number of carbonyl (C=O) groups excluding carboxylic acids is 1. The van der Waals surface area contributed by atoms with Crippen LogP contribution in [0.3, 0.4) is 0 Å². The Hall–Kier alpha value is -0.860. The van der Waals surface area contributed by atoms with Gasteiger partial charge in [-0.2, -0.15) is 0 Å². The van der Waals surface area contributed by atoms with E-state index in [4.69, 9.17) is 11.6 Å². The lowest BCUT2D eigenvalue weighted by Crippen LogP contribution is -1.95. The van der Waals surface area contributed by atoms with Crippen molar-refractivity contribution in [3.05, 3.63) is 34.7 Å². The van der Waals surface area contributed by atoms with Crippen molar-refractivity contribution < 1.29 is 4.79 Å². The third-order valence-electron chi connectivity index (χ3n) is 2.18. The average molecular weight is 225 g/mol. The van der Waals surface area contributed by atoms with Gasteiger partial charge in [0.25, 0.3) is 0 Å². The quantitative estimate of drug-likeness (QED) is 0.563. The Morgan fingerprint density at radius 2 is 2.29 bits per heavy atom. The Morgan fingerprint density at radius 3 is 2.93 bits per heavy atom. The van der Waals surface area contributed by atoms with Crippen LogP contribution in [0.25, 0.3) is 10.1 Å². The first-order valence-electron chi connectivity index (χ1n) is 4.30. The molecule has 72 valence electrons. The van der Waals surface area contributed by atoms with Crippen molar-refractivity contribution in [2.45, 2.75) is 6.92 Å². The summed E-state index contributed by atoms with van der Waals surface area (Å²) < 4.78 is 1.15. The highest BCUT2D eigenvalue weighted by Crippen LogP contribution is 2.28. The van der Waals surface area contributed by atoms with Crippen LogP contribution in [0.15, 0.2) is 24.3 Å². The molecule has 1 aromatic heterocycles. The predicted octanol–water partition coefficient (Wildman–Crippen LogP) is 3.63. The van der Waals surface area contributed by atoms with Crippen molar-refractivity contribution in [1.29, 1.82) is 0 Å². The molecule has 2 rings (SSSR count). The smallest absolute Gasteiger partial charge is 0.187 e. The van der Waals surface area contributed by atoms with Crippen LogP contribution >= 0.6 is 22.9 Å². The van der Waals surface area contributed by atoms with Crippen LogP contribution in [0.5, 0.6) is 0 Å². The average Bonchev–Trinajstić information content (AvgIpc) is 2.62. The number of ketones is 1. The van der Waals surface area contributed by atoms with E-state index >= 15 is 0 Å². The van der Waals surface area contributed by atoms with Crippen molar-refractivity contribution in [1.82, 2.24) is 0 Å². The molecule has 0 N–H and O–H groups in total. The maximum absolute atomic E-state index is 11.4. The molecule has 0 bridgehead atoms. The van der Waals surface area contributed by atoms with E-state index < -0.39 is 0 Å². The summed E-state index contributed by atoms with van der Waals surface area (Å²) in [5.41, 5.74) is 1.20. The van der Waals surface area contributed by atoms with Gasteiger partial charge in [0.1, 0.15) is 0 Å². The lowest BCUT2D eigenvalue weighted by atomic mass is 10.1. The molecular formula is C11H9ClOS. The summed E-state index contributed by atoms with van der Waals surface area (Å²) >= 11 is 7.02. The zero-order chi connectivity index (χ0) is 10.1. The van der Waals surface area contributed by atoms with Crippen molar-refractivity contribution in [2.75, 3.05) is 5.88 Å². The second-order valence-corrected chi connectivity index (χ2v) is 4.51. The summed E-state index contributed by atoms with van der Waals surface area (Å²) in [5, 5.41) is 1.16. The molecular weight excluding hydrogens is 216 g/mol. The largest absolute Gasteiger partial charge is 0.292 e. The summed E-state index contributed by atoms with van der Waals surface area (Å²) in [6, 6.07) is 8.01.